The molecular formula is C18H18N2O. The highest BCUT2D eigenvalue weighted by atomic mass is 16.2. The summed E-state index contributed by atoms with van der Waals surface area (Å²) in [5, 5.41) is 6.24. The molecule has 2 aromatic rings. The van der Waals surface area contributed by atoms with Gasteiger partial charge in [0.2, 0.25) is 5.91 Å². The van der Waals surface area contributed by atoms with E-state index in [0.717, 1.165) is 23.3 Å². The first-order chi connectivity index (χ1) is 10.3. The van der Waals surface area contributed by atoms with Crippen LogP contribution >= 0.6 is 0 Å². The zero-order valence-electron chi connectivity index (χ0n) is 12.1. The lowest BCUT2D eigenvalue weighted by molar-refractivity contribution is -0.132. The van der Waals surface area contributed by atoms with Crippen LogP contribution in [-0.4, -0.2) is 16.6 Å². The molecule has 0 radical (unpaired) electrons. The van der Waals surface area contributed by atoms with Crippen LogP contribution in [0.5, 0.6) is 0 Å². The highest BCUT2D eigenvalue weighted by Crippen LogP contribution is 2.32. The van der Waals surface area contributed by atoms with Gasteiger partial charge < -0.3 is 0 Å². The molecule has 0 aromatic heterocycles. The number of hydrogen-bond donors (Lipinski definition) is 0. The zero-order valence-corrected chi connectivity index (χ0v) is 12.1. The van der Waals surface area contributed by atoms with Gasteiger partial charge in [0.25, 0.3) is 0 Å². The second kappa shape index (κ2) is 5.92. The summed E-state index contributed by atoms with van der Waals surface area (Å²) >= 11 is 0. The first kappa shape index (κ1) is 13.6. The van der Waals surface area contributed by atoms with Gasteiger partial charge in [-0.25, -0.2) is 5.01 Å². The third-order valence-corrected chi connectivity index (χ3v) is 3.76. The van der Waals surface area contributed by atoms with Crippen molar-refractivity contribution in [3.63, 3.8) is 0 Å². The van der Waals surface area contributed by atoms with Crippen molar-refractivity contribution in [1.82, 2.24) is 5.01 Å². The molecular weight excluding hydrogens is 260 g/mol. The van der Waals surface area contributed by atoms with Crippen molar-refractivity contribution in [1.29, 1.82) is 0 Å². The first-order valence-corrected chi connectivity index (χ1v) is 7.29. The number of hydrogen-bond acceptors (Lipinski definition) is 2. The molecule has 1 heterocycles. The Bertz CT molecular complexity index is 649. The number of amides is 1. The fraction of sp³-hybridized carbons (Fsp3) is 0.222. The van der Waals surface area contributed by atoms with Crippen LogP contribution in [0, 0.1) is 0 Å². The molecule has 0 spiro atoms. The lowest BCUT2D eigenvalue weighted by Crippen LogP contribution is -2.26. The van der Waals surface area contributed by atoms with Crippen LogP contribution in [0.15, 0.2) is 65.8 Å². The molecule has 2 aromatic carbocycles. The number of hydrazone groups is 1. The van der Waals surface area contributed by atoms with E-state index < -0.39 is 0 Å². The average molecular weight is 278 g/mol. The van der Waals surface area contributed by atoms with E-state index >= 15 is 0 Å². The largest absolute Gasteiger partial charge is 0.273 e. The maximum absolute atomic E-state index is 12.2. The molecule has 1 amide bonds. The minimum atomic E-state index is 0.00820. The lowest BCUT2D eigenvalue weighted by Gasteiger charge is -2.21. The molecule has 1 aliphatic rings. The van der Waals surface area contributed by atoms with E-state index in [1.165, 1.54) is 0 Å². The van der Waals surface area contributed by atoms with Gasteiger partial charge >= 0.3 is 0 Å². The van der Waals surface area contributed by atoms with Gasteiger partial charge in [-0.2, -0.15) is 5.10 Å². The van der Waals surface area contributed by atoms with Crippen molar-refractivity contribution in [2.45, 2.75) is 25.8 Å². The fourth-order valence-corrected chi connectivity index (χ4v) is 2.64. The first-order valence-electron chi connectivity index (χ1n) is 7.29. The molecule has 3 heteroatoms. The monoisotopic (exact) mass is 278 g/mol. The minimum absolute atomic E-state index is 0.00820. The normalized spacial score (nSPS) is 17.7. The van der Waals surface area contributed by atoms with Gasteiger partial charge in [-0.3, -0.25) is 4.79 Å². The van der Waals surface area contributed by atoms with Crippen molar-refractivity contribution in [3.8, 4) is 0 Å². The highest BCUT2D eigenvalue weighted by molar-refractivity contribution is 6.03. The topological polar surface area (TPSA) is 32.7 Å². The van der Waals surface area contributed by atoms with Gasteiger partial charge in [-0.1, -0.05) is 67.6 Å². The molecule has 0 N–H and O–H groups in total. The van der Waals surface area contributed by atoms with E-state index in [-0.39, 0.29) is 11.9 Å². The summed E-state index contributed by atoms with van der Waals surface area (Å²) in [6, 6.07) is 20.2. The second-order valence-electron chi connectivity index (χ2n) is 5.14. The second-order valence-corrected chi connectivity index (χ2v) is 5.14. The molecule has 3 nitrogen and oxygen atoms in total. The Morgan fingerprint density at radius 1 is 1.10 bits per heavy atom. The molecule has 106 valence electrons. The van der Waals surface area contributed by atoms with Crippen LogP contribution in [0.4, 0.5) is 0 Å². The number of benzene rings is 2. The molecule has 1 aliphatic heterocycles. The predicted octanol–water partition coefficient (Wildman–Crippen LogP) is 3.77. The number of rotatable bonds is 3. The third-order valence-electron chi connectivity index (χ3n) is 3.76. The van der Waals surface area contributed by atoms with E-state index in [1.54, 1.807) is 5.01 Å². The summed E-state index contributed by atoms with van der Waals surface area (Å²) < 4.78 is 0. The third kappa shape index (κ3) is 2.72. The Labute approximate surface area is 124 Å². The van der Waals surface area contributed by atoms with Crippen LogP contribution in [0.25, 0.3) is 0 Å². The SMILES string of the molecule is CCC(=O)N1N=C(c2ccccc2)C[C@@H]1c1ccccc1. The van der Waals surface area contributed by atoms with Crippen LogP contribution in [-0.2, 0) is 4.79 Å². The number of nitrogens with zero attached hydrogens (tertiary/aromatic N) is 2. The van der Waals surface area contributed by atoms with E-state index in [9.17, 15) is 4.79 Å². The summed E-state index contributed by atoms with van der Waals surface area (Å²) in [5.41, 5.74) is 3.20. The standard InChI is InChI=1S/C18H18N2O/c1-2-18(21)20-17(15-11-7-4-8-12-15)13-16(19-20)14-9-5-3-6-10-14/h3-12,17H,2,13H2,1H3/t17-/m1/s1. The number of carbonyl (C=O) groups excluding carboxylic acids is 1. The quantitative estimate of drug-likeness (QED) is 0.841. The summed E-state index contributed by atoms with van der Waals surface area (Å²) in [4.78, 5) is 12.2. The number of carbonyl (C=O) groups is 1. The van der Waals surface area contributed by atoms with E-state index in [1.807, 2.05) is 55.5 Å². The minimum Gasteiger partial charge on any atom is -0.273 e. The smallest absolute Gasteiger partial charge is 0.242 e. The molecule has 3 rings (SSSR count). The summed E-state index contributed by atoms with van der Waals surface area (Å²) in [6.07, 6.45) is 1.23. The molecule has 0 fully saturated rings. The maximum atomic E-state index is 12.2. The van der Waals surface area contributed by atoms with Crippen LogP contribution in [0.2, 0.25) is 0 Å². The molecule has 21 heavy (non-hydrogen) atoms. The van der Waals surface area contributed by atoms with Crippen LogP contribution in [0.1, 0.15) is 36.9 Å². The zero-order chi connectivity index (χ0) is 14.7. The van der Waals surface area contributed by atoms with Crippen molar-refractivity contribution in [3.05, 3.63) is 71.8 Å². The highest BCUT2D eigenvalue weighted by Gasteiger charge is 2.31. The Kier molecular flexibility index (Phi) is 3.82. The average Bonchev–Trinajstić information content (AvgIpc) is 3.01. The molecule has 0 bridgehead atoms. The lowest BCUT2D eigenvalue weighted by atomic mass is 9.98. The van der Waals surface area contributed by atoms with Crippen molar-refractivity contribution in [2.75, 3.05) is 0 Å². The van der Waals surface area contributed by atoms with Crippen molar-refractivity contribution >= 4 is 11.6 Å². The van der Waals surface area contributed by atoms with Crippen LogP contribution < -0.4 is 0 Å². The maximum Gasteiger partial charge on any atom is 0.242 e. The van der Waals surface area contributed by atoms with Crippen molar-refractivity contribution < 1.29 is 4.79 Å². The molecule has 0 unspecified atom stereocenters. The fourth-order valence-electron chi connectivity index (χ4n) is 2.64. The van der Waals surface area contributed by atoms with Gasteiger partial charge in [-0.05, 0) is 11.1 Å². The molecule has 0 aliphatic carbocycles. The van der Waals surface area contributed by atoms with Gasteiger partial charge in [-0.15, -0.1) is 0 Å². The van der Waals surface area contributed by atoms with Gasteiger partial charge in [0.15, 0.2) is 0 Å². The molecule has 0 saturated heterocycles. The van der Waals surface area contributed by atoms with Gasteiger partial charge in [0.1, 0.15) is 0 Å². The Morgan fingerprint density at radius 3 is 2.33 bits per heavy atom. The summed E-state index contributed by atoms with van der Waals surface area (Å²) in [6.45, 7) is 1.88. The van der Waals surface area contributed by atoms with E-state index in [0.29, 0.717) is 6.42 Å². The van der Waals surface area contributed by atoms with E-state index in [4.69, 9.17) is 0 Å². The van der Waals surface area contributed by atoms with Gasteiger partial charge in [0.05, 0.1) is 11.8 Å². The predicted molar refractivity (Wildman–Crippen MR) is 83.9 cm³/mol. The van der Waals surface area contributed by atoms with E-state index in [2.05, 4.69) is 17.2 Å². The Balaban J connectivity index is 1.95. The Hall–Kier alpha value is -2.42. The summed E-state index contributed by atoms with van der Waals surface area (Å²) in [7, 11) is 0. The summed E-state index contributed by atoms with van der Waals surface area (Å²) in [5.74, 6) is 0.0646. The molecule has 0 saturated carbocycles. The molecule has 1 atom stereocenters. The van der Waals surface area contributed by atoms with Gasteiger partial charge in [0, 0.05) is 12.8 Å². The van der Waals surface area contributed by atoms with Crippen molar-refractivity contribution in [2.24, 2.45) is 5.10 Å². The van der Waals surface area contributed by atoms with Crippen LogP contribution in [0.3, 0.4) is 0 Å². The Morgan fingerprint density at radius 2 is 1.71 bits per heavy atom.